The summed E-state index contributed by atoms with van der Waals surface area (Å²) in [4.78, 5) is 0. The van der Waals surface area contributed by atoms with Gasteiger partial charge in [0, 0.05) is 13.6 Å². The average molecular weight is 194 g/mol. The predicted octanol–water partition coefficient (Wildman–Crippen LogP) is 1.49. The van der Waals surface area contributed by atoms with Gasteiger partial charge in [0.1, 0.15) is 12.4 Å². The van der Waals surface area contributed by atoms with Crippen LogP contribution in [0.2, 0.25) is 0 Å². The van der Waals surface area contributed by atoms with Crippen LogP contribution in [0.15, 0.2) is 18.2 Å². The molecule has 0 unspecified atom stereocenters. The van der Waals surface area contributed by atoms with Crippen LogP contribution in [0.5, 0.6) is 5.75 Å². The van der Waals surface area contributed by atoms with Gasteiger partial charge in [-0.3, -0.25) is 5.84 Å². The fourth-order valence-corrected chi connectivity index (χ4v) is 1.32. The molecule has 0 spiro atoms. The molecule has 2 N–H and O–H groups in total. The molecule has 0 atom stereocenters. The molecule has 1 aromatic carbocycles. The third kappa shape index (κ3) is 3.77. The second-order valence-electron chi connectivity index (χ2n) is 3.65. The van der Waals surface area contributed by atoms with E-state index in [1.165, 1.54) is 11.1 Å². The van der Waals surface area contributed by atoms with Crippen molar-refractivity contribution in [3.63, 3.8) is 0 Å². The highest BCUT2D eigenvalue weighted by Crippen LogP contribution is 2.15. The number of likely N-dealkylation sites (N-methyl/N-ethyl adjacent to an activating group) is 1. The van der Waals surface area contributed by atoms with Crippen LogP contribution in [-0.2, 0) is 0 Å². The van der Waals surface area contributed by atoms with Crippen molar-refractivity contribution in [2.75, 3.05) is 20.2 Å². The minimum Gasteiger partial charge on any atom is -0.492 e. The summed E-state index contributed by atoms with van der Waals surface area (Å²) < 4.78 is 5.56. The number of rotatable bonds is 4. The Morgan fingerprint density at radius 1 is 1.21 bits per heavy atom. The highest BCUT2D eigenvalue weighted by Gasteiger charge is 1.97. The van der Waals surface area contributed by atoms with Gasteiger partial charge < -0.3 is 4.74 Å². The number of hydrogen-bond acceptors (Lipinski definition) is 3. The van der Waals surface area contributed by atoms with E-state index in [2.05, 4.69) is 19.9 Å². The van der Waals surface area contributed by atoms with Gasteiger partial charge in [-0.05, 0) is 37.1 Å². The Kier molecular flexibility index (Phi) is 3.92. The van der Waals surface area contributed by atoms with Gasteiger partial charge in [-0.15, -0.1) is 0 Å². The molecule has 14 heavy (non-hydrogen) atoms. The van der Waals surface area contributed by atoms with Gasteiger partial charge >= 0.3 is 0 Å². The Balaban J connectivity index is 2.50. The van der Waals surface area contributed by atoms with E-state index in [4.69, 9.17) is 10.6 Å². The van der Waals surface area contributed by atoms with Gasteiger partial charge in [0.2, 0.25) is 0 Å². The zero-order chi connectivity index (χ0) is 10.6. The molecule has 0 aliphatic rings. The Bertz CT molecular complexity index is 277. The maximum absolute atomic E-state index is 5.56. The van der Waals surface area contributed by atoms with E-state index in [1.807, 2.05) is 19.2 Å². The number of ether oxygens (including phenoxy) is 1. The minimum absolute atomic E-state index is 0.621. The van der Waals surface area contributed by atoms with Crippen molar-refractivity contribution in [2.45, 2.75) is 13.8 Å². The first-order valence-corrected chi connectivity index (χ1v) is 4.75. The van der Waals surface area contributed by atoms with E-state index < -0.39 is 0 Å². The van der Waals surface area contributed by atoms with Crippen LogP contribution in [-0.4, -0.2) is 25.2 Å². The van der Waals surface area contributed by atoms with E-state index in [-0.39, 0.29) is 0 Å². The molecule has 0 radical (unpaired) electrons. The lowest BCUT2D eigenvalue weighted by molar-refractivity contribution is 0.241. The Hall–Kier alpha value is -1.06. The first kappa shape index (κ1) is 11.0. The normalized spacial score (nSPS) is 10.6. The lowest BCUT2D eigenvalue weighted by Gasteiger charge is -2.11. The molecule has 0 bridgehead atoms. The van der Waals surface area contributed by atoms with Gasteiger partial charge in [0.15, 0.2) is 0 Å². The molecule has 0 amide bonds. The highest BCUT2D eigenvalue weighted by molar-refractivity contribution is 5.32. The van der Waals surface area contributed by atoms with Crippen molar-refractivity contribution >= 4 is 0 Å². The number of benzene rings is 1. The van der Waals surface area contributed by atoms with Gasteiger partial charge in [-0.2, -0.15) is 0 Å². The van der Waals surface area contributed by atoms with Crippen LogP contribution in [0.4, 0.5) is 0 Å². The molecular formula is C11H18N2O. The summed E-state index contributed by atoms with van der Waals surface area (Å²) in [5.74, 6) is 6.39. The number of nitrogens with zero attached hydrogens (tertiary/aromatic N) is 1. The summed E-state index contributed by atoms with van der Waals surface area (Å²) in [6.07, 6.45) is 0. The van der Waals surface area contributed by atoms with Crippen LogP contribution in [0.3, 0.4) is 0 Å². The molecule has 1 aromatic rings. The molecule has 3 nitrogen and oxygen atoms in total. The van der Waals surface area contributed by atoms with E-state index >= 15 is 0 Å². The quantitative estimate of drug-likeness (QED) is 0.583. The minimum atomic E-state index is 0.621. The summed E-state index contributed by atoms with van der Waals surface area (Å²) in [5.41, 5.74) is 2.45. The van der Waals surface area contributed by atoms with Gasteiger partial charge in [-0.25, -0.2) is 5.01 Å². The van der Waals surface area contributed by atoms with Crippen LogP contribution in [0.25, 0.3) is 0 Å². The zero-order valence-electron chi connectivity index (χ0n) is 9.08. The van der Waals surface area contributed by atoms with E-state index in [9.17, 15) is 0 Å². The third-order valence-electron chi connectivity index (χ3n) is 1.91. The van der Waals surface area contributed by atoms with Crippen molar-refractivity contribution in [3.05, 3.63) is 29.3 Å². The smallest absolute Gasteiger partial charge is 0.119 e. The maximum Gasteiger partial charge on any atom is 0.119 e. The van der Waals surface area contributed by atoms with E-state index in [1.54, 1.807) is 5.01 Å². The van der Waals surface area contributed by atoms with Crippen molar-refractivity contribution in [1.82, 2.24) is 5.01 Å². The largest absolute Gasteiger partial charge is 0.492 e. The molecule has 0 aromatic heterocycles. The Labute approximate surface area is 85.4 Å². The fraction of sp³-hybridized carbons (Fsp3) is 0.455. The fourth-order valence-electron chi connectivity index (χ4n) is 1.32. The number of hydrogen-bond donors (Lipinski definition) is 1. The zero-order valence-corrected chi connectivity index (χ0v) is 9.08. The molecule has 78 valence electrons. The molecule has 0 fully saturated rings. The molecule has 3 heteroatoms. The first-order valence-electron chi connectivity index (χ1n) is 4.75. The predicted molar refractivity (Wildman–Crippen MR) is 58.2 cm³/mol. The lowest BCUT2D eigenvalue weighted by atomic mass is 10.1. The maximum atomic E-state index is 5.56. The van der Waals surface area contributed by atoms with Crippen molar-refractivity contribution in [2.24, 2.45) is 5.84 Å². The summed E-state index contributed by atoms with van der Waals surface area (Å²) >= 11 is 0. The van der Waals surface area contributed by atoms with Gasteiger partial charge in [0.05, 0.1) is 0 Å². The van der Waals surface area contributed by atoms with Crippen molar-refractivity contribution in [3.8, 4) is 5.75 Å². The van der Waals surface area contributed by atoms with Gasteiger partial charge in [0.25, 0.3) is 0 Å². The summed E-state index contributed by atoms with van der Waals surface area (Å²) in [5, 5.41) is 1.61. The monoisotopic (exact) mass is 194 g/mol. The van der Waals surface area contributed by atoms with Gasteiger partial charge in [-0.1, -0.05) is 6.07 Å². The molecule has 0 heterocycles. The second kappa shape index (κ2) is 4.98. The molecule has 0 aliphatic heterocycles. The molecule has 0 aliphatic carbocycles. The van der Waals surface area contributed by atoms with Crippen molar-refractivity contribution < 1.29 is 4.74 Å². The summed E-state index contributed by atoms with van der Waals surface area (Å²) in [7, 11) is 1.82. The third-order valence-corrected chi connectivity index (χ3v) is 1.91. The van der Waals surface area contributed by atoms with Crippen LogP contribution in [0, 0.1) is 13.8 Å². The molecule has 0 saturated carbocycles. The standard InChI is InChI=1S/C11H18N2O/c1-9-6-10(2)8-11(7-9)14-5-4-13(3)12/h6-8H,4-5,12H2,1-3H3. The second-order valence-corrected chi connectivity index (χ2v) is 3.65. The average Bonchev–Trinajstić information content (AvgIpc) is 2.01. The topological polar surface area (TPSA) is 38.5 Å². The van der Waals surface area contributed by atoms with E-state index in [0.29, 0.717) is 6.61 Å². The first-order chi connectivity index (χ1) is 6.58. The SMILES string of the molecule is Cc1cc(C)cc(OCCN(C)N)c1. The lowest BCUT2D eigenvalue weighted by Crippen LogP contribution is -2.30. The number of aryl methyl sites for hydroxylation is 2. The molecule has 1 rings (SSSR count). The summed E-state index contributed by atoms with van der Waals surface area (Å²) in [6, 6.07) is 6.19. The molecular weight excluding hydrogens is 176 g/mol. The number of nitrogens with two attached hydrogens (primary N) is 1. The highest BCUT2D eigenvalue weighted by atomic mass is 16.5. The van der Waals surface area contributed by atoms with Crippen LogP contribution in [0.1, 0.15) is 11.1 Å². The van der Waals surface area contributed by atoms with Crippen LogP contribution < -0.4 is 10.6 Å². The number of hydrazine groups is 1. The van der Waals surface area contributed by atoms with Crippen LogP contribution >= 0.6 is 0 Å². The Morgan fingerprint density at radius 2 is 1.79 bits per heavy atom. The Morgan fingerprint density at radius 3 is 2.29 bits per heavy atom. The summed E-state index contributed by atoms with van der Waals surface area (Å²) in [6.45, 7) is 5.48. The van der Waals surface area contributed by atoms with E-state index in [0.717, 1.165) is 12.3 Å². The van der Waals surface area contributed by atoms with Crippen molar-refractivity contribution in [1.29, 1.82) is 0 Å². The molecule has 0 saturated heterocycles.